The Morgan fingerprint density at radius 1 is 0.455 bits per heavy atom. The van der Waals surface area contributed by atoms with Crippen molar-refractivity contribution in [3.63, 3.8) is 0 Å². The number of rotatable bonds is 53. The topological polar surface area (TPSA) is 111 Å². The van der Waals surface area contributed by atoms with Crippen LogP contribution in [-0.2, 0) is 32.7 Å². The van der Waals surface area contributed by atoms with Gasteiger partial charge in [-0.3, -0.25) is 14.2 Å². The third-order valence-corrected chi connectivity index (χ3v) is 13.7. The fraction of sp³-hybridized carbons (Fsp3) is 0.929. The molecule has 0 amide bonds. The van der Waals surface area contributed by atoms with Crippen LogP contribution in [0.4, 0.5) is 0 Å². The highest BCUT2D eigenvalue weighted by molar-refractivity contribution is 7.45. The molecular weight excluding hydrogens is 846 g/mol. The maximum absolute atomic E-state index is 12.8. The van der Waals surface area contributed by atoms with Gasteiger partial charge in [-0.25, -0.2) is 0 Å². The van der Waals surface area contributed by atoms with Crippen molar-refractivity contribution >= 4 is 19.8 Å². The molecule has 0 saturated carbocycles. The van der Waals surface area contributed by atoms with Crippen LogP contribution in [0.1, 0.15) is 284 Å². The quantitative estimate of drug-likeness (QED) is 0.0195. The number of nitrogens with zero attached hydrogens (tertiary/aromatic N) is 1. The van der Waals surface area contributed by atoms with Crippen LogP contribution in [0, 0.1) is 0 Å². The fourth-order valence-electron chi connectivity index (χ4n) is 8.36. The number of hydrogen-bond donors (Lipinski definition) is 0. The molecule has 0 aliphatic rings. The Labute approximate surface area is 409 Å². The number of carbonyl (C=O) groups is 2. The lowest BCUT2D eigenvalue weighted by molar-refractivity contribution is -0.870. The summed E-state index contributed by atoms with van der Waals surface area (Å²) >= 11 is 0. The van der Waals surface area contributed by atoms with Crippen molar-refractivity contribution in [3.8, 4) is 0 Å². The monoisotopic (exact) mass is 956 g/mol. The van der Waals surface area contributed by atoms with E-state index in [4.69, 9.17) is 18.5 Å². The molecule has 0 spiro atoms. The van der Waals surface area contributed by atoms with Gasteiger partial charge in [-0.05, 0) is 38.5 Å². The van der Waals surface area contributed by atoms with Gasteiger partial charge in [0.15, 0.2) is 6.10 Å². The van der Waals surface area contributed by atoms with Crippen molar-refractivity contribution in [1.29, 1.82) is 0 Å². The number of quaternary nitrogens is 1. The van der Waals surface area contributed by atoms with Gasteiger partial charge in [-0.15, -0.1) is 0 Å². The van der Waals surface area contributed by atoms with E-state index in [1.165, 1.54) is 212 Å². The maximum Gasteiger partial charge on any atom is 0.306 e. The van der Waals surface area contributed by atoms with Gasteiger partial charge in [0, 0.05) is 12.8 Å². The Kier molecular flexibility index (Phi) is 47.8. The number of allylic oxidation sites excluding steroid dienone is 2. The highest BCUT2D eigenvalue weighted by Gasteiger charge is 2.22. The molecule has 2 atom stereocenters. The summed E-state index contributed by atoms with van der Waals surface area (Å²) in [5.41, 5.74) is 0. The van der Waals surface area contributed by atoms with Crippen molar-refractivity contribution in [2.75, 3.05) is 47.5 Å². The second-order valence-corrected chi connectivity index (χ2v) is 22.1. The van der Waals surface area contributed by atoms with Gasteiger partial charge in [-0.2, -0.15) is 0 Å². The van der Waals surface area contributed by atoms with Gasteiger partial charge < -0.3 is 27.9 Å². The molecule has 9 nitrogen and oxygen atoms in total. The first-order valence-electron chi connectivity index (χ1n) is 28.4. The molecule has 0 aliphatic heterocycles. The number of unbranched alkanes of at least 4 members (excludes halogenated alkanes) is 37. The third-order valence-electron chi connectivity index (χ3n) is 12.8. The first-order valence-corrected chi connectivity index (χ1v) is 29.9. The zero-order chi connectivity index (χ0) is 48.5. The number of likely N-dealkylation sites (N-methyl/N-ethyl adjacent to an activating group) is 1. The number of phosphoric acid groups is 1. The second-order valence-electron chi connectivity index (χ2n) is 20.7. The molecule has 2 unspecified atom stereocenters. The van der Waals surface area contributed by atoms with Crippen molar-refractivity contribution in [2.45, 2.75) is 290 Å². The minimum absolute atomic E-state index is 0.0271. The van der Waals surface area contributed by atoms with Crippen molar-refractivity contribution < 1.29 is 42.1 Å². The summed E-state index contributed by atoms with van der Waals surface area (Å²) < 4.78 is 34.2. The van der Waals surface area contributed by atoms with E-state index >= 15 is 0 Å². The van der Waals surface area contributed by atoms with E-state index in [1.54, 1.807) is 0 Å². The van der Waals surface area contributed by atoms with Gasteiger partial charge in [0.2, 0.25) is 0 Å². The number of esters is 2. The van der Waals surface area contributed by atoms with Crippen LogP contribution in [0.25, 0.3) is 0 Å². The van der Waals surface area contributed by atoms with Gasteiger partial charge in [-0.1, -0.05) is 244 Å². The number of hydrogen-bond acceptors (Lipinski definition) is 8. The number of phosphoric ester groups is 1. The molecular formula is C56H110NO8P. The zero-order valence-electron chi connectivity index (χ0n) is 44.4. The second kappa shape index (κ2) is 48.8. The molecule has 0 heterocycles. The van der Waals surface area contributed by atoms with Crippen LogP contribution in [0.15, 0.2) is 12.2 Å². The molecule has 0 radical (unpaired) electrons. The standard InChI is InChI=1S/C56H110NO8P/c1-6-8-10-12-14-16-18-20-22-24-26-27-28-29-31-33-35-37-39-41-43-45-47-49-56(59)65-54(53-64-66(60,61)63-51-50-57(3,4)5)52-62-55(58)48-46-44-42-40-38-36-34-32-30-25-23-21-19-17-15-13-11-9-7-2/h24,26,54H,6-23,25,27-53H2,1-5H3/b26-24-. The Balaban J connectivity index is 4.14. The number of carbonyl (C=O) groups excluding carboxylic acids is 2. The third kappa shape index (κ3) is 52.1. The number of ether oxygens (including phenoxy) is 2. The predicted molar refractivity (Wildman–Crippen MR) is 278 cm³/mol. The van der Waals surface area contributed by atoms with E-state index in [9.17, 15) is 19.0 Å². The molecule has 0 N–H and O–H groups in total. The Morgan fingerprint density at radius 3 is 1.12 bits per heavy atom. The normalized spacial score (nSPS) is 13.4. The first kappa shape index (κ1) is 64.8. The average Bonchev–Trinajstić information content (AvgIpc) is 3.27. The highest BCUT2D eigenvalue weighted by atomic mass is 31.2. The molecule has 0 rings (SSSR count). The summed E-state index contributed by atoms with van der Waals surface area (Å²) in [5.74, 6) is -0.816. The first-order chi connectivity index (χ1) is 32.0. The van der Waals surface area contributed by atoms with E-state index in [-0.39, 0.29) is 32.0 Å². The molecule has 0 aliphatic carbocycles. The highest BCUT2D eigenvalue weighted by Crippen LogP contribution is 2.38. The van der Waals surface area contributed by atoms with Crippen LogP contribution in [0.2, 0.25) is 0 Å². The zero-order valence-corrected chi connectivity index (χ0v) is 45.3. The molecule has 10 heteroatoms. The van der Waals surface area contributed by atoms with Gasteiger partial charge >= 0.3 is 11.9 Å². The van der Waals surface area contributed by atoms with Crippen molar-refractivity contribution in [3.05, 3.63) is 12.2 Å². The van der Waals surface area contributed by atoms with E-state index in [1.807, 2.05) is 21.1 Å². The minimum atomic E-state index is -4.63. The largest absolute Gasteiger partial charge is 0.756 e. The molecule has 66 heavy (non-hydrogen) atoms. The Morgan fingerprint density at radius 2 is 0.773 bits per heavy atom. The lowest BCUT2D eigenvalue weighted by atomic mass is 10.0. The summed E-state index contributed by atoms with van der Waals surface area (Å²) in [6.07, 6.45) is 55.3. The maximum atomic E-state index is 12.8. The van der Waals surface area contributed by atoms with E-state index in [0.717, 1.165) is 38.5 Å². The minimum Gasteiger partial charge on any atom is -0.756 e. The van der Waals surface area contributed by atoms with Crippen LogP contribution < -0.4 is 4.89 Å². The molecule has 0 bridgehead atoms. The lowest BCUT2D eigenvalue weighted by Crippen LogP contribution is -2.37. The molecule has 0 aromatic rings. The van der Waals surface area contributed by atoms with Gasteiger partial charge in [0.05, 0.1) is 27.7 Å². The molecule has 0 saturated heterocycles. The van der Waals surface area contributed by atoms with Crippen LogP contribution in [0.5, 0.6) is 0 Å². The summed E-state index contributed by atoms with van der Waals surface area (Å²) in [5, 5.41) is 0. The molecule has 0 aromatic carbocycles. The Hall–Kier alpha value is -1.25. The smallest absolute Gasteiger partial charge is 0.306 e. The molecule has 392 valence electrons. The van der Waals surface area contributed by atoms with Crippen LogP contribution >= 0.6 is 7.82 Å². The van der Waals surface area contributed by atoms with Crippen molar-refractivity contribution in [1.82, 2.24) is 0 Å². The van der Waals surface area contributed by atoms with E-state index in [2.05, 4.69) is 26.0 Å². The van der Waals surface area contributed by atoms with Crippen molar-refractivity contribution in [2.24, 2.45) is 0 Å². The predicted octanol–water partition coefficient (Wildman–Crippen LogP) is 16.6. The van der Waals surface area contributed by atoms with Gasteiger partial charge in [0.1, 0.15) is 19.8 Å². The summed E-state index contributed by atoms with van der Waals surface area (Å²) in [6.45, 7) is 4.29. The Bertz CT molecular complexity index is 1130. The summed E-state index contributed by atoms with van der Waals surface area (Å²) in [6, 6.07) is 0. The van der Waals surface area contributed by atoms with Crippen LogP contribution in [0.3, 0.4) is 0 Å². The fourth-order valence-corrected chi connectivity index (χ4v) is 9.09. The average molecular weight is 956 g/mol. The van der Waals surface area contributed by atoms with E-state index in [0.29, 0.717) is 17.4 Å². The SMILES string of the molecule is CCCCCCCCCC/C=C\CCCCCCCCCCCCCC(=O)OC(COC(=O)CCCCCCCCCCCCCCCCCCCCC)COP(=O)([O-])OCC[N+](C)(C)C. The van der Waals surface area contributed by atoms with Crippen LogP contribution in [-0.4, -0.2) is 70.0 Å². The lowest BCUT2D eigenvalue weighted by Gasteiger charge is -2.28. The summed E-state index contributed by atoms with van der Waals surface area (Å²) in [4.78, 5) is 37.8. The molecule has 0 aromatic heterocycles. The molecule has 0 fully saturated rings. The van der Waals surface area contributed by atoms with Gasteiger partial charge in [0.25, 0.3) is 7.82 Å². The van der Waals surface area contributed by atoms with E-state index < -0.39 is 26.5 Å². The summed E-state index contributed by atoms with van der Waals surface area (Å²) in [7, 11) is 1.18.